The van der Waals surface area contributed by atoms with Crippen LogP contribution < -0.4 is 5.32 Å². The number of aryl methyl sites for hydroxylation is 2. The van der Waals surface area contributed by atoms with Crippen LogP contribution in [-0.4, -0.2) is 28.2 Å². The Morgan fingerprint density at radius 2 is 2.11 bits per heavy atom. The molecule has 4 nitrogen and oxygen atoms in total. The minimum Gasteiger partial charge on any atom is -0.396 e. The Morgan fingerprint density at radius 1 is 1.21 bits per heavy atom. The standard InChI is InChI=1S/C14H19N3OS/c18-8-4-3-7-15-13-12-10-5-1-2-6-11(10)19-14(12)17-9-16-13/h9,18H,1-8H2,(H,15,16,17). The second kappa shape index (κ2) is 5.84. The lowest BCUT2D eigenvalue weighted by Crippen LogP contribution is -2.06. The predicted molar refractivity (Wildman–Crippen MR) is 78.9 cm³/mol. The van der Waals surface area contributed by atoms with Gasteiger partial charge in [-0.2, -0.15) is 0 Å². The third-order valence-electron chi connectivity index (χ3n) is 3.63. The van der Waals surface area contributed by atoms with Crippen molar-refractivity contribution in [3.8, 4) is 0 Å². The van der Waals surface area contributed by atoms with Crippen molar-refractivity contribution in [2.24, 2.45) is 0 Å². The molecule has 0 aliphatic heterocycles. The van der Waals surface area contributed by atoms with Gasteiger partial charge in [0.25, 0.3) is 0 Å². The van der Waals surface area contributed by atoms with Crippen molar-refractivity contribution >= 4 is 27.4 Å². The second-order valence-electron chi connectivity index (χ2n) is 4.97. The summed E-state index contributed by atoms with van der Waals surface area (Å²) in [5.41, 5.74) is 1.47. The molecule has 0 bridgehead atoms. The summed E-state index contributed by atoms with van der Waals surface area (Å²) in [6.45, 7) is 1.12. The molecule has 0 radical (unpaired) electrons. The molecule has 0 unspecified atom stereocenters. The van der Waals surface area contributed by atoms with E-state index in [0.29, 0.717) is 0 Å². The maximum atomic E-state index is 8.81. The first kappa shape index (κ1) is 12.8. The van der Waals surface area contributed by atoms with Crippen LogP contribution in [0, 0.1) is 0 Å². The Kier molecular flexibility index (Phi) is 3.94. The van der Waals surface area contributed by atoms with E-state index < -0.39 is 0 Å². The molecule has 0 fully saturated rings. The van der Waals surface area contributed by atoms with E-state index in [4.69, 9.17) is 5.11 Å². The molecule has 1 aliphatic rings. The fourth-order valence-electron chi connectivity index (χ4n) is 2.67. The normalized spacial score (nSPS) is 14.6. The third kappa shape index (κ3) is 2.58. The number of thiophene rings is 1. The van der Waals surface area contributed by atoms with E-state index in [0.717, 1.165) is 36.5 Å². The molecular formula is C14H19N3OS. The minimum absolute atomic E-state index is 0.259. The zero-order valence-electron chi connectivity index (χ0n) is 11.0. The Morgan fingerprint density at radius 3 is 3.00 bits per heavy atom. The average molecular weight is 277 g/mol. The fourth-order valence-corrected chi connectivity index (χ4v) is 3.90. The van der Waals surface area contributed by atoms with E-state index >= 15 is 0 Å². The van der Waals surface area contributed by atoms with Crippen molar-refractivity contribution in [2.75, 3.05) is 18.5 Å². The van der Waals surface area contributed by atoms with Gasteiger partial charge in [0.1, 0.15) is 17.0 Å². The summed E-state index contributed by atoms with van der Waals surface area (Å²) in [6.07, 6.45) is 8.38. The van der Waals surface area contributed by atoms with Gasteiger partial charge >= 0.3 is 0 Å². The SMILES string of the molecule is OCCCCNc1ncnc2sc3c(c12)CCCC3. The first-order chi connectivity index (χ1) is 9.40. The van der Waals surface area contributed by atoms with E-state index in [-0.39, 0.29) is 6.61 Å². The lowest BCUT2D eigenvalue weighted by molar-refractivity contribution is 0.286. The van der Waals surface area contributed by atoms with E-state index in [9.17, 15) is 0 Å². The third-order valence-corrected chi connectivity index (χ3v) is 4.83. The Bertz CT molecular complexity index is 567. The molecule has 2 heterocycles. The molecule has 0 saturated heterocycles. The van der Waals surface area contributed by atoms with Crippen LogP contribution >= 0.6 is 11.3 Å². The summed E-state index contributed by atoms with van der Waals surface area (Å²) in [6, 6.07) is 0. The van der Waals surface area contributed by atoms with Gasteiger partial charge in [-0.25, -0.2) is 9.97 Å². The Balaban J connectivity index is 1.88. The number of unbranched alkanes of at least 4 members (excludes halogenated alkanes) is 1. The number of aromatic nitrogens is 2. The number of aliphatic hydroxyl groups excluding tert-OH is 1. The largest absolute Gasteiger partial charge is 0.396 e. The van der Waals surface area contributed by atoms with Crippen LogP contribution in [0.4, 0.5) is 5.82 Å². The van der Waals surface area contributed by atoms with Gasteiger partial charge in [0, 0.05) is 18.0 Å². The van der Waals surface area contributed by atoms with Gasteiger partial charge in [-0.1, -0.05) is 0 Å². The number of rotatable bonds is 5. The van der Waals surface area contributed by atoms with Crippen LogP contribution in [0.1, 0.15) is 36.1 Å². The van der Waals surface area contributed by atoms with E-state index in [1.165, 1.54) is 35.1 Å². The monoisotopic (exact) mass is 277 g/mol. The van der Waals surface area contributed by atoms with Crippen LogP contribution in [0.15, 0.2) is 6.33 Å². The first-order valence-corrected chi connectivity index (χ1v) is 7.82. The summed E-state index contributed by atoms with van der Waals surface area (Å²) in [7, 11) is 0. The molecule has 2 N–H and O–H groups in total. The van der Waals surface area contributed by atoms with Gasteiger partial charge < -0.3 is 10.4 Å². The topological polar surface area (TPSA) is 58.0 Å². The number of nitrogens with zero attached hydrogens (tertiary/aromatic N) is 2. The van der Waals surface area contributed by atoms with Crippen molar-refractivity contribution in [2.45, 2.75) is 38.5 Å². The van der Waals surface area contributed by atoms with Crippen molar-refractivity contribution in [3.63, 3.8) is 0 Å². The average Bonchev–Trinajstić information content (AvgIpc) is 2.83. The van der Waals surface area contributed by atoms with E-state index in [1.54, 1.807) is 6.33 Å². The van der Waals surface area contributed by atoms with Gasteiger partial charge in [-0.05, 0) is 44.1 Å². The summed E-state index contributed by atoms with van der Waals surface area (Å²) in [5.74, 6) is 0.974. The molecular weight excluding hydrogens is 258 g/mol. The van der Waals surface area contributed by atoms with Gasteiger partial charge in [-0.15, -0.1) is 11.3 Å². The van der Waals surface area contributed by atoms with Crippen molar-refractivity contribution in [1.82, 2.24) is 9.97 Å². The van der Waals surface area contributed by atoms with E-state index in [2.05, 4.69) is 15.3 Å². The van der Waals surface area contributed by atoms with Crippen LogP contribution in [0.25, 0.3) is 10.2 Å². The van der Waals surface area contributed by atoms with Gasteiger partial charge in [0.05, 0.1) is 5.39 Å². The van der Waals surface area contributed by atoms with Crippen LogP contribution in [0.5, 0.6) is 0 Å². The highest BCUT2D eigenvalue weighted by atomic mass is 32.1. The highest BCUT2D eigenvalue weighted by Crippen LogP contribution is 2.37. The second-order valence-corrected chi connectivity index (χ2v) is 6.05. The molecule has 0 spiro atoms. The van der Waals surface area contributed by atoms with Crippen LogP contribution in [0.3, 0.4) is 0 Å². The molecule has 0 amide bonds. The molecule has 2 aromatic rings. The summed E-state index contributed by atoms with van der Waals surface area (Å²) in [4.78, 5) is 11.4. The molecule has 1 aliphatic carbocycles. The smallest absolute Gasteiger partial charge is 0.138 e. The van der Waals surface area contributed by atoms with Crippen molar-refractivity contribution < 1.29 is 5.11 Å². The zero-order chi connectivity index (χ0) is 13.1. The lowest BCUT2D eigenvalue weighted by atomic mass is 9.97. The van der Waals surface area contributed by atoms with Crippen LogP contribution in [0.2, 0.25) is 0 Å². The van der Waals surface area contributed by atoms with Crippen molar-refractivity contribution in [3.05, 3.63) is 16.8 Å². The zero-order valence-corrected chi connectivity index (χ0v) is 11.8. The number of nitrogens with one attached hydrogen (secondary N) is 1. The molecule has 3 rings (SSSR count). The van der Waals surface area contributed by atoms with Gasteiger partial charge in [0.15, 0.2) is 0 Å². The van der Waals surface area contributed by atoms with Crippen LogP contribution in [-0.2, 0) is 12.8 Å². The quantitative estimate of drug-likeness (QED) is 0.825. The molecule has 19 heavy (non-hydrogen) atoms. The maximum Gasteiger partial charge on any atom is 0.138 e. The molecule has 0 aromatic carbocycles. The molecule has 0 saturated carbocycles. The highest BCUT2D eigenvalue weighted by molar-refractivity contribution is 7.19. The van der Waals surface area contributed by atoms with E-state index in [1.807, 2.05) is 11.3 Å². The minimum atomic E-state index is 0.259. The maximum absolute atomic E-state index is 8.81. The first-order valence-electron chi connectivity index (χ1n) is 7.00. The molecule has 5 heteroatoms. The summed E-state index contributed by atoms with van der Waals surface area (Å²) >= 11 is 1.83. The van der Waals surface area contributed by atoms with Gasteiger partial charge in [-0.3, -0.25) is 0 Å². The number of hydrogen-bond donors (Lipinski definition) is 2. The number of hydrogen-bond acceptors (Lipinski definition) is 5. The predicted octanol–water partition coefficient (Wildman–Crippen LogP) is 2.75. The number of fused-ring (bicyclic) bond motifs is 3. The molecule has 2 aromatic heterocycles. The molecule has 0 atom stereocenters. The Hall–Kier alpha value is -1.20. The van der Waals surface area contributed by atoms with Gasteiger partial charge in [0.2, 0.25) is 0 Å². The van der Waals surface area contributed by atoms with Crippen molar-refractivity contribution in [1.29, 1.82) is 0 Å². The summed E-state index contributed by atoms with van der Waals surface area (Å²) in [5, 5.41) is 13.5. The Labute approximate surface area is 116 Å². The number of aliphatic hydroxyl groups is 1. The summed E-state index contributed by atoms with van der Waals surface area (Å²) < 4.78 is 0. The molecule has 102 valence electrons. The highest BCUT2D eigenvalue weighted by Gasteiger charge is 2.19. The number of anilines is 1. The fraction of sp³-hybridized carbons (Fsp3) is 0.571. The lowest BCUT2D eigenvalue weighted by Gasteiger charge is -2.12.